The monoisotopic (exact) mass is 543 g/mol. The minimum Gasteiger partial charge on any atom is -0.493 e. The SMILES string of the molecule is CCCCCCc1nc(C)c2c(=O)[nH]c(-c3cc(S(=O)(=O)Nc4ccc(Cl)cc4)ccc3OCC)nn12. The molecular formula is C26H30ClN5O4S. The van der Waals surface area contributed by atoms with Gasteiger partial charge in [0.15, 0.2) is 11.3 Å². The summed E-state index contributed by atoms with van der Waals surface area (Å²) in [7, 11) is -3.95. The van der Waals surface area contributed by atoms with Gasteiger partial charge in [-0.2, -0.15) is 0 Å². The molecule has 0 bridgehead atoms. The second-order valence-electron chi connectivity index (χ2n) is 8.69. The Labute approximate surface area is 220 Å². The molecule has 0 unspecified atom stereocenters. The van der Waals surface area contributed by atoms with Crippen molar-refractivity contribution in [3.05, 3.63) is 69.4 Å². The maximum absolute atomic E-state index is 13.2. The van der Waals surface area contributed by atoms with Gasteiger partial charge in [-0.25, -0.2) is 17.9 Å². The van der Waals surface area contributed by atoms with E-state index in [4.69, 9.17) is 16.3 Å². The lowest BCUT2D eigenvalue weighted by Crippen LogP contribution is -2.17. The second-order valence-corrected chi connectivity index (χ2v) is 10.8. The zero-order chi connectivity index (χ0) is 26.6. The smallest absolute Gasteiger partial charge is 0.277 e. The molecule has 4 aromatic rings. The van der Waals surface area contributed by atoms with Gasteiger partial charge in [-0.15, -0.1) is 5.10 Å². The third-order valence-electron chi connectivity index (χ3n) is 5.91. The number of aromatic amines is 1. The van der Waals surface area contributed by atoms with Crippen LogP contribution in [0.1, 0.15) is 51.0 Å². The van der Waals surface area contributed by atoms with E-state index in [1.54, 1.807) is 41.8 Å². The number of ether oxygens (including phenoxy) is 1. The summed E-state index contributed by atoms with van der Waals surface area (Å²) < 4.78 is 36.2. The lowest BCUT2D eigenvalue weighted by molar-refractivity contribution is 0.341. The standard InChI is InChI=1S/C26H30ClN5O4S/c1-4-6-7-8-9-23-28-17(3)24-26(33)29-25(30-32(23)24)21-16-20(14-15-22(21)36-5-2)37(34,35)31-19-12-10-18(27)11-13-19/h10-16,31H,4-9H2,1-3H3,(H,29,30,33). The van der Waals surface area contributed by atoms with Crippen LogP contribution in [0.5, 0.6) is 5.75 Å². The number of nitrogens with one attached hydrogen (secondary N) is 2. The van der Waals surface area contributed by atoms with Gasteiger partial charge in [0, 0.05) is 17.1 Å². The fourth-order valence-corrected chi connectivity index (χ4v) is 5.31. The number of anilines is 1. The maximum atomic E-state index is 13.2. The molecular weight excluding hydrogens is 514 g/mol. The molecule has 9 nitrogen and oxygen atoms in total. The van der Waals surface area contributed by atoms with Crippen molar-refractivity contribution in [2.75, 3.05) is 11.3 Å². The number of sulfonamides is 1. The molecule has 2 aromatic carbocycles. The van der Waals surface area contributed by atoms with E-state index in [2.05, 4.69) is 26.7 Å². The summed E-state index contributed by atoms with van der Waals surface area (Å²) in [6, 6.07) is 10.8. The highest BCUT2D eigenvalue weighted by atomic mass is 35.5. The summed E-state index contributed by atoms with van der Waals surface area (Å²) in [5.41, 5.74) is 1.34. The molecule has 0 amide bonds. The molecule has 0 saturated carbocycles. The molecule has 0 radical (unpaired) electrons. The van der Waals surface area contributed by atoms with Gasteiger partial charge in [0.1, 0.15) is 11.6 Å². The lowest BCUT2D eigenvalue weighted by Gasteiger charge is -2.13. The largest absolute Gasteiger partial charge is 0.493 e. The van der Waals surface area contributed by atoms with Crippen molar-refractivity contribution in [3.8, 4) is 17.1 Å². The summed E-state index contributed by atoms with van der Waals surface area (Å²) in [4.78, 5) is 20.4. The highest BCUT2D eigenvalue weighted by molar-refractivity contribution is 7.92. The molecule has 2 N–H and O–H groups in total. The van der Waals surface area contributed by atoms with Crippen LogP contribution in [0.4, 0.5) is 5.69 Å². The Morgan fingerprint density at radius 2 is 1.84 bits per heavy atom. The van der Waals surface area contributed by atoms with E-state index in [9.17, 15) is 13.2 Å². The molecule has 2 aromatic heterocycles. The zero-order valence-corrected chi connectivity index (χ0v) is 22.6. The molecule has 0 saturated heterocycles. The van der Waals surface area contributed by atoms with Gasteiger partial charge in [-0.3, -0.25) is 9.52 Å². The number of benzene rings is 2. The van der Waals surface area contributed by atoms with E-state index in [1.807, 2.05) is 6.92 Å². The Bertz CT molecular complexity index is 1560. The second kappa shape index (κ2) is 11.4. The minimum atomic E-state index is -3.95. The third kappa shape index (κ3) is 5.97. The van der Waals surface area contributed by atoms with Crippen LogP contribution in [-0.4, -0.2) is 34.6 Å². The first kappa shape index (κ1) is 26.7. The highest BCUT2D eigenvalue weighted by Crippen LogP contribution is 2.31. The predicted molar refractivity (Wildman–Crippen MR) is 145 cm³/mol. The minimum absolute atomic E-state index is 0.00903. The normalized spacial score (nSPS) is 11.7. The average Bonchev–Trinajstić information content (AvgIpc) is 3.19. The first-order valence-electron chi connectivity index (χ1n) is 12.3. The number of H-pyrrole nitrogens is 1. The number of rotatable bonds is 11. The van der Waals surface area contributed by atoms with Gasteiger partial charge < -0.3 is 9.72 Å². The molecule has 0 spiro atoms. The van der Waals surface area contributed by atoms with Crippen LogP contribution < -0.4 is 15.0 Å². The summed E-state index contributed by atoms with van der Waals surface area (Å²) >= 11 is 5.91. The number of halogens is 1. The van der Waals surface area contributed by atoms with Crippen molar-refractivity contribution < 1.29 is 13.2 Å². The number of hydrogen-bond acceptors (Lipinski definition) is 6. The van der Waals surface area contributed by atoms with Crippen molar-refractivity contribution in [2.45, 2.75) is 57.8 Å². The number of nitrogens with zero attached hydrogens (tertiary/aromatic N) is 3. The Kier molecular flexibility index (Phi) is 8.19. The summed E-state index contributed by atoms with van der Waals surface area (Å²) in [5.74, 6) is 1.29. The molecule has 11 heteroatoms. The zero-order valence-electron chi connectivity index (χ0n) is 21.0. The van der Waals surface area contributed by atoms with Gasteiger partial charge in [0.25, 0.3) is 15.6 Å². The number of hydrogen-bond donors (Lipinski definition) is 2. The maximum Gasteiger partial charge on any atom is 0.277 e. The summed E-state index contributed by atoms with van der Waals surface area (Å²) in [6.07, 6.45) is 4.93. The Morgan fingerprint density at radius 1 is 1.08 bits per heavy atom. The number of fused-ring (bicyclic) bond motifs is 1. The van der Waals surface area contributed by atoms with Crippen LogP contribution in [0.3, 0.4) is 0 Å². The molecule has 0 aliphatic rings. The fraction of sp³-hybridized carbons (Fsp3) is 0.346. The van der Waals surface area contributed by atoms with Crippen molar-refractivity contribution in [1.29, 1.82) is 0 Å². The molecule has 0 aliphatic heterocycles. The van der Waals surface area contributed by atoms with Crippen LogP contribution >= 0.6 is 11.6 Å². The van der Waals surface area contributed by atoms with Gasteiger partial charge in [0.05, 0.1) is 22.8 Å². The van der Waals surface area contributed by atoms with Crippen molar-refractivity contribution >= 4 is 32.8 Å². The van der Waals surface area contributed by atoms with Crippen LogP contribution in [0, 0.1) is 6.92 Å². The average molecular weight is 544 g/mol. The van der Waals surface area contributed by atoms with Crippen LogP contribution in [-0.2, 0) is 16.4 Å². The molecule has 0 atom stereocenters. The predicted octanol–water partition coefficient (Wildman–Crippen LogP) is 5.37. The number of unbranched alkanes of at least 4 members (excludes halogenated alkanes) is 3. The van der Waals surface area contributed by atoms with E-state index < -0.39 is 10.0 Å². The van der Waals surface area contributed by atoms with E-state index >= 15 is 0 Å². The fourth-order valence-electron chi connectivity index (χ4n) is 4.10. The van der Waals surface area contributed by atoms with Gasteiger partial charge in [0.2, 0.25) is 0 Å². The van der Waals surface area contributed by atoms with E-state index in [0.717, 1.165) is 25.7 Å². The Balaban J connectivity index is 1.78. The Morgan fingerprint density at radius 3 is 2.54 bits per heavy atom. The summed E-state index contributed by atoms with van der Waals surface area (Å²) in [5, 5.41) is 5.17. The highest BCUT2D eigenvalue weighted by Gasteiger charge is 2.21. The first-order chi connectivity index (χ1) is 17.7. The van der Waals surface area contributed by atoms with Crippen molar-refractivity contribution in [2.24, 2.45) is 0 Å². The first-order valence-corrected chi connectivity index (χ1v) is 14.1. The molecule has 2 heterocycles. The molecule has 0 fully saturated rings. The quantitative estimate of drug-likeness (QED) is 0.245. The summed E-state index contributed by atoms with van der Waals surface area (Å²) in [6.45, 7) is 6.10. The number of aromatic nitrogens is 4. The van der Waals surface area contributed by atoms with Gasteiger partial charge in [-0.05, 0) is 62.7 Å². The third-order valence-corrected chi connectivity index (χ3v) is 7.54. The van der Waals surface area contributed by atoms with E-state index in [0.29, 0.717) is 52.1 Å². The number of imidazole rings is 1. The van der Waals surface area contributed by atoms with Gasteiger partial charge >= 0.3 is 0 Å². The van der Waals surface area contributed by atoms with E-state index in [1.165, 1.54) is 12.1 Å². The van der Waals surface area contributed by atoms with E-state index in [-0.39, 0.29) is 16.3 Å². The molecule has 196 valence electrons. The van der Waals surface area contributed by atoms with Crippen LogP contribution in [0.25, 0.3) is 16.9 Å². The topological polar surface area (TPSA) is 118 Å². The van der Waals surface area contributed by atoms with Crippen LogP contribution in [0.15, 0.2) is 52.2 Å². The molecule has 0 aliphatic carbocycles. The van der Waals surface area contributed by atoms with Crippen LogP contribution in [0.2, 0.25) is 5.02 Å². The van der Waals surface area contributed by atoms with Crippen molar-refractivity contribution in [3.63, 3.8) is 0 Å². The molecule has 4 rings (SSSR count). The van der Waals surface area contributed by atoms with Crippen molar-refractivity contribution in [1.82, 2.24) is 19.6 Å². The number of aryl methyl sites for hydroxylation is 2. The molecule has 37 heavy (non-hydrogen) atoms. The Hall–Kier alpha value is -3.37. The lowest BCUT2D eigenvalue weighted by atomic mass is 10.1. The van der Waals surface area contributed by atoms with Gasteiger partial charge in [-0.1, -0.05) is 37.8 Å².